The summed E-state index contributed by atoms with van der Waals surface area (Å²) in [5, 5.41) is 6.69. The van der Waals surface area contributed by atoms with E-state index in [0.29, 0.717) is 6.04 Å². The van der Waals surface area contributed by atoms with Crippen molar-refractivity contribution in [3.63, 3.8) is 0 Å². The number of rotatable bonds is 2. The lowest BCUT2D eigenvalue weighted by molar-refractivity contribution is 0.351. The summed E-state index contributed by atoms with van der Waals surface area (Å²) in [7, 11) is 0. The van der Waals surface area contributed by atoms with Gasteiger partial charge in [0.25, 0.3) is 0 Å². The van der Waals surface area contributed by atoms with Crippen LogP contribution in [0.15, 0.2) is 46.8 Å². The van der Waals surface area contributed by atoms with Crippen LogP contribution in [0.5, 0.6) is 0 Å². The average Bonchev–Trinajstić information content (AvgIpc) is 2.81. The first kappa shape index (κ1) is 10.2. The summed E-state index contributed by atoms with van der Waals surface area (Å²) >= 11 is 0. The van der Waals surface area contributed by atoms with Crippen molar-refractivity contribution in [3.05, 3.63) is 42.2 Å². The fraction of sp³-hybridized carbons (Fsp3) is 0.308. The summed E-state index contributed by atoms with van der Waals surface area (Å²) in [4.78, 5) is 8.59. The largest absolute Gasteiger partial charge is 0.265 e. The molecular weight excluding hydrogens is 212 g/mol. The second-order valence-corrected chi connectivity index (χ2v) is 4.17. The predicted octanol–water partition coefficient (Wildman–Crippen LogP) is 1.85. The maximum Gasteiger partial charge on any atom is 0.144 e. The third kappa shape index (κ3) is 1.75. The third-order valence-corrected chi connectivity index (χ3v) is 3.08. The zero-order valence-corrected chi connectivity index (χ0v) is 9.74. The summed E-state index contributed by atoms with van der Waals surface area (Å²) in [6, 6.07) is 4.35. The lowest BCUT2D eigenvalue weighted by Gasteiger charge is -2.23. The van der Waals surface area contributed by atoms with E-state index in [4.69, 9.17) is 0 Å². The van der Waals surface area contributed by atoms with Gasteiger partial charge in [0.15, 0.2) is 0 Å². The molecular formula is C13H14N4. The molecule has 0 aromatic carbocycles. The molecule has 0 spiro atoms. The number of hydrogen-bond acceptors (Lipinski definition) is 4. The minimum Gasteiger partial charge on any atom is -0.265 e. The zero-order chi connectivity index (χ0) is 11.7. The van der Waals surface area contributed by atoms with Crippen LogP contribution in [0.2, 0.25) is 0 Å². The van der Waals surface area contributed by atoms with E-state index in [1.54, 1.807) is 6.20 Å². The van der Waals surface area contributed by atoms with E-state index in [-0.39, 0.29) is 0 Å². The van der Waals surface area contributed by atoms with Gasteiger partial charge in [-0.1, -0.05) is 6.92 Å². The van der Waals surface area contributed by atoms with Crippen LogP contribution in [-0.2, 0) is 0 Å². The lowest BCUT2D eigenvalue weighted by atomic mass is 10.1. The molecule has 1 aromatic heterocycles. The lowest BCUT2D eigenvalue weighted by Crippen LogP contribution is -2.33. The molecule has 0 aliphatic carbocycles. The molecule has 0 radical (unpaired) electrons. The standard InChI is InChI=1S/C13H14N4/c1-2-11-9-15-13-6-5-12(16-17(11)13)10-4-3-7-14-8-10/h3-8,11H,2,9H2,1H3. The van der Waals surface area contributed by atoms with Gasteiger partial charge in [0, 0.05) is 18.0 Å². The van der Waals surface area contributed by atoms with Gasteiger partial charge in [0.2, 0.25) is 0 Å². The number of fused-ring (bicyclic) bond motifs is 1. The molecule has 0 saturated heterocycles. The summed E-state index contributed by atoms with van der Waals surface area (Å²) in [5.74, 6) is 0.976. The topological polar surface area (TPSA) is 40.9 Å². The Morgan fingerprint density at radius 1 is 1.41 bits per heavy atom. The number of allylic oxidation sites excluding steroid dienone is 1. The molecule has 0 fully saturated rings. The van der Waals surface area contributed by atoms with E-state index in [0.717, 1.165) is 30.1 Å². The molecule has 0 N–H and O–H groups in total. The van der Waals surface area contributed by atoms with Crippen molar-refractivity contribution in [2.75, 3.05) is 6.54 Å². The van der Waals surface area contributed by atoms with Crippen LogP contribution in [0, 0.1) is 0 Å². The Morgan fingerprint density at radius 3 is 3.12 bits per heavy atom. The highest BCUT2D eigenvalue weighted by Gasteiger charge is 2.27. The number of aromatic nitrogens is 1. The molecule has 2 aliphatic rings. The Hall–Kier alpha value is -1.97. The van der Waals surface area contributed by atoms with E-state index in [1.165, 1.54) is 0 Å². The summed E-state index contributed by atoms with van der Waals surface area (Å²) in [6.07, 6.45) is 8.70. The second-order valence-electron chi connectivity index (χ2n) is 4.17. The van der Waals surface area contributed by atoms with Gasteiger partial charge in [-0.25, -0.2) is 5.01 Å². The fourth-order valence-corrected chi connectivity index (χ4v) is 2.07. The molecule has 4 heteroatoms. The first-order valence-corrected chi connectivity index (χ1v) is 5.89. The van der Waals surface area contributed by atoms with Crippen molar-refractivity contribution in [1.29, 1.82) is 0 Å². The van der Waals surface area contributed by atoms with Crippen LogP contribution in [0.4, 0.5) is 0 Å². The first-order valence-electron chi connectivity index (χ1n) is 5.89. The van der Waals surface area contributed by atoms with Gasteiger partial charge in [0.1, 0.15) is 5.84 Å². The number of hydrogen-bond donors (Lipinski definition) is 0. The highest BCUT2D eigenvalue weighted by molar-refractivity contribution is 6.14. The maximum absolute atomic E-state index is 4.66. The number of aliphatic imine (C=N–C) groups is 1. The number of amidine groups is 1. The molecule has 3 heterocycles. The predicted molar refractivity (Wildman–Crippen MR) is 68.1 cm³/mol. The van der Waals surface area contributed by atoms with Gasteiger partial charge in [-0.05, 0) is 30.7 Å². The van der Waals surface area contributed by atoms with E-state index < -0.39 is 0 Å². The SMILES string of the molecule is CCC1CN=C2C=CC(c3cccnc3)=NN21. The van der Waals surface area contributed by atoms with Crippen molar-refractivity contribution in [1.82, 2.24) is 9.99 Å². The molecule has 1 unspecified atom stereocenters. The second kappa shape index (κ2) is 4.13. The van der Waals surface area contributed by atoms with E-state index in [1.807, 2.05) is 35.5 Å². The van der Waals surface area contributed by atoms with Gasteiger partial charge in [-0.3, -0.25) is 9.98 Å². The van der Waals surface area contributed by atoms with Gasteiger partial charge < -0.3 is 0 Å². The molecule has 17 heavy (non-hydrogen) atoms. The fourth-order valence-electron chi connectivity index (χ4n) is 2.07. The molecule has 4 nitrogen and oxygen atoms in total. The highest BCUT2D eigenvalue weighted by Crippen LogP contribution is 2.19. The minimum absolute atomic E-state index is 0.404. The molecule has 0 amide bonds. The molecule has 3 rings (SSSR count). The van der Waals surface area contributed by atoms with Crippen LogP contribution >= 0.6 is 0 Å². The molecule has 0 saturated carbocycles. The van der Waals surface area contributed by atoms with Gasteiger partial charge in [0.05, 0.1) is 18.3 Å². The molecule has 0 bridgehead atoms. The Morgan fingerprint density at radius 2 is 2.35 bits per heavy atom. The number of pyridine rings is 1. The first-order chi connectivity index (χ1) is 8.38. The normalized spacial score (nSPS) is 22.2. The Kier molecular flexibility index (Phi) is 2.48. The maximum atomic E-state index is 4.66. The van der Waals surface area contributed by atoms with E-state index >= 15 is 0 Å². The van der Waals surface area contributed by atoms with E-state index in [9.17, 15) is 0 Å². The van der Waals surface area contributed by atoms with Crippen LogP contribution in [0.1, 0.15) is 18.9 Å². The summed E-state index contributed by atoms with van der Waals surface area (Å²) in [6.45, 7) is 3.01. The molecule has 86 valence electrons. The van der Waals surface area contributed by atoms with Crippen molar-refractivity contribution in [2.45, 2.75) is 19.4 Å². The zero-order valence-electron chi connectivity index (χ0n) is 9.74. The Balaban J connectivity index is 1.94. The van der Waals surface area contributed by atoms with Crippen LogP contribution < -0.4 is 0 Å². The van der Waals surface area contributed by atoms with Crippen LogP contribution in [-0.4, -0.2) is 34.1 Å². The van der Waals surface area contributed by atoms with Crippen LogP contribution in [0.25, 0.3) is 0 Å². The molecule has 2 aliphatic heterocycles. The molecule has 1 aromatic rings. The van der Waals surface area contributed by atoms with Crippen LogP contribution in [0.3, 0.4) is 0 Å². The monoisotopic (exact) mass is 226 g/mol. The number of hydrazone groups is 1. The van der Waals surface area contributed by atoms with Crippen molar-refractivity contribution in [2.24, 2.45) is 10.1 Å². The smallest absolute Gasteiger partial charge is 0.144 e. The van der Waals surface area contributed by atoms with Crippen molar-refractivity contribution >= 4 is 11.5 Å². The minimum atomic E-state index is 0.404. The molecule has 1 atom stereocenters. The van der Waals surface area contributed by atoms with Gasteiger partial charge >= 0.3 is 0 Å². The van der Waals surface area contributed by atoms with Crippen molar-refractivity contribution in [3.8, 4) is 0 Å². The van der Waals surface area contributed by atoms with Crippen molar-refractivity contribution < 1.29 is 0 Å². The number of nitrogens with zero attached hydrogens (tertiary/aromatic N) is 4. The summed E-state index contributed by atoms with van der Waals surface area (Å²) in [5.41, 5.74) is 2.00. The van der Waals surface area contributed by atoms with Gasteiger partial charge in [-0.15, -0.1) is 0 Å². The average molecular weight is 226 g/mol. The van der Waals surface area contributed by atoms with E-state index in [2.05, 4.69) is 22.0 Å². The summed E-state index contributed by atoms with van der Waals surface area (Å²) < 4.78 is 0. The Labute approximate surface area is 100 Å². The highest BCUT2D eigenvalue weighted by atomic mass is 15.5. The quantitative estimate of drug-likeness (QED) is 0.772. The van der Waals surface area contributed by atoms with Gasteiger partial charge in [-0.2, -0.15) is 5.10 Å². The third-order valence-electron chi connectivity index (χ3n) is 3.08. The Bertz CT molecular complexity index is 501.